The number of rotatable bonds is 7. The molecule has 0 spiro atoms. The lowest BCUT2D eigenvalue weighted by Crippen LogP contribution is -2.22. The number of hydrogen-bond acceptors (Lipinski definition) is 1. The highest BCUT2D eigenvalue weighted by Gasteiger charge is 2.17. The number of anilines is 1. The van der Waals surface area contributed by atoms with Crippen molar-refractivity contribution in [1.82, 2.24) is 0 Å². The van der Waals surface area contributed by atoms with Crippen LogP contribution in [0.25, 0.3) is 11.1 Å². The minimum atomic E-state index is -0.126. The summed E-state index contributed by atoms with van der Waals surface area (Å²) in [7, 11) is 0. The quantitative estimate of drug-likeness (QED) is 0.710. The molecule has 1 amide bonds. The maximum Gasteiger partial charge on any atom is 0.228 e. The number of carbonyl (C=O) groups excluding carboxylic acids is 1. The summed E-state index contributed by atoms with van der Waals surface area (Å²) in [6.07, 6.45) is 4.84. The van der Waals surface area contributed by atoms with Crippen molar-refractivity contribution in [2.45, 2.75) is 12.8 Å². The summed E-state index contributed by atoms with van der Waals surface area (Å²) in [6, 6.07) is 17.9. The summed E-state index contributed by atoms with van der Waals surface area (Å²) in [4.78, 5) is 12.5. The first-order chi connectivity index (χ1) is 10.8. The number of nitrogens with one attached hydrogen (secondary N) is 1. The lowest BCUT2D eigenvalue weighted by Gasteiger charge is -2.16. The van der Waals surface area contributed by atoms with Gasteiger partial charge in [-0.3, -0.25) is 4.79 Å². The van der Waals surface area contributed by atoms with E-state index >= 15 is 0 Å². The summed E-state index contributed by atoms with van der Waals surface area (Å²) in [5, 5.41) is 3.04. The van der Waals surface area contributed by atoms with Crippen molar-refractivity contribution in [2.24, 2.45) is 5.92 Å². The summed E-state index contributed by atoms with van der Waals surface area (Å²) in [5.74, 6) is -0.123. The Morgan fingerprint density at radius 3 is 2.18 bits per heavy atom. The Labute approximate surface area is 132 Å². The van der Waals surface area contributed by atoms with Gasteiger partial charge in [0.05, 0.1) is 0 Å². The predicted molar refractivity (Wildman–Crippen MR) is 93.6 cm³/mol. The number of allylic oxidation sites excluding steroid dienone is 2. The SMILES string of the molecule is C=CCC(CC=C)C(=O)Nc1ccccc1-c1ccccc1. The molecule has 0 heterocycles. The monoisotopic (exact) mass is 291 g/mol. The Bertz CT molecular complexity index is 636. The average Bonchev–Trinajstić information content (AvgIpc) is 2.56. The number of benzene rings is 2. The molecule has 0 aliphatic carbocycles. The van der Waals surface area contributed by atoms with Crippen LogP contribution >= 0.6 is 0 Å². The van der Waals surface area contributed by atoms with E-state index in [1.807, 2.05) is 54.6 Å². The molecule has 0 bridgehead atoms. The molecule has 2 nitrogen and oxygen atoms in total. The molecule has 112 valence electrons. The van der Waals surface area contributed by atoms with Crippen molar-refractivity contribution in [1.29, 1.82) is 0 Å². The van der Waals surface area contributed by atoms with Crippen molar-refractivity contribution in [2.75, 3.05) is 5.32 Å². The summed E-state index contributed by atoms with van der Waals surface area (Å²) < 4.78 is 0. The molecule has 0 atom stereocenters. The summed E-state index contributed by atoms with van der Waals surface area (Å²) >= 11 is 0. The summed E-state index contributed by atoms with van der Waals surface area (Å²) in [6.45, 7) is 7.45. The standard InChI is InChI=1S/C20H21NO/c1-3-10-17(11-4-2)20(22)21-19-15-9-8-14-18(19)16-12-6-5-7-13-16/h3-9,12-15,17H,1-2,10-11H2,(H,21,22). The first-order valence-electron chi connectivity index (χ1n) is 7.43. The fourth-order valence-corrected chi connectivity index (χ4v) is 2.41. The van der Waals surface area contributed by atoms with Gasteiger partial charge in [0.1, 0.15) is 0 Å². The van der Waals surface area contributed by atoms with Gasteiger partial charge in [-0.15, -0.1) is 13.2 Å². The van der Waals surface area contributed by atoms with E-state index in [0.717, 1.165) is 16.8 Å². The van der Waals surface area contributed by atoms with Gasteiger partial charge in [-0.05, 0) is 24.5 Å². The van der Waals surface area contributed by atoms with Crippen LogP contribution in [0.1, 0.15) is 12.8 Å². The second kappa shape index (κ2) is 7.99. The van der Waals surface area contributed by atoms with E-state index in [2.05, 4.69) is 18.5 Å². The lowest BCUT2D eigenvalue weighted by molar-refractivity contribution is -0.119. The highest BCUT2D eigenvalue weighted by molar-refractivity contribution is 5.96. The molecule has 0 fully saturated rings. The predicted octanol–water partition coefficient (Wildman–Crippen LogP) is 5.06. The van der Waals surface area contributed by atoms with Gasteiger partial charge in [0.15, 0.2) is 0 Å². The Balaban J connectivity index is 2.24. The highest BCUT2D eigenvalue weighted by Crippen LogP contribution is 2.28. The van der Waals surface area contributed by atoms with E-state index in [1.165, 1.54) is 0 Å². The lowest BCUT2D eigenvalue weighted by atomic mass is 9.99. The molecule has 22 heavy (non-hydrogen) atoms. The molecule has 2 aromatic carbocycles. The topological polar surface area (TPSA) is 29.1 Å². The molecule has 0 radical (unpaired) electrons. The Morgan fingerprint density at radius 2 is 1.55 bits per heavy atom. The van der Waals surface area contributed by atoms with Crippen LogP contribution in [0.3, 0.4) is 0 Å². The number of amides is 1. The molecule has 1 N–H and O–H groups in total. The first-order valence-corrected chi connectivity index (χ1v) is 7.43. The molecule has 0 saturated carbocycles. The van der Waals surface area contributed by atoms with Gasteiger partial charge in [-0.25, -0.2) is 0 Å². The van der Waals surface area contributed by atoms with Crippen LogP contribution in [0.5, 0.6) is 0 Å². The van der Waals surface area contributed by atoms with Crippen LogP contribution in [-0.2, 0) is 4.79 Å². The van der Waals surface area contributed by atoms with Crippen LogP contribution < -0.4 is 5.32 Å². The first kappa shape index (κ1) is 15.8. The molecule has 2 heteroatoms. The van der Waals surface area contributed by atoms with Crippen LogP contribution in [0.2, 0.25) is 0 Å². The fourth-order valence-electron chi connectivity index (χ4n) is 2.41. The zero-order chi connectivity index (χ0) is 15.8. The van der Waals surface area contributed by atoms with Crippen LogP contribution in [0.15, 0.2) is 79.9 Å². The van der Waals surface area contributed by atoms with Crippen LogP contribution in [0.4, 0.5) is 5.69 Å². The molecule has 0 aliphatic rings. The van der Waals surface area contributed by atoms with Crippen molar-refractivity contribution >= 4 is 11.6 Å². The molecular formula is C20H21NO. The molecule has 0 aromatic heterocycles. The summed E-state index contributed by atoms with van der Waals surface area (Å²) in [5.41, 5.74) is 2.94. The molecular weight excluding hydrogens is 270 g/mol. The average molecular weight is 291 g/mol. The van der Waals surface area contributed by atoms with Gasteiger partial charge in [0, 0.05) is 17.2 Å². The van der Waals surface area contributed by atoms with Gasteiger partial charge in [0.2, 0.25) is 5.91 Å². The number of para-hydroxylation sites is 1. The Morgan fingerprint density at radius 1 is 0.955 bits per heavy atom. The van der Waals surface area contributed by atoms with Gasteiger partial charge >= 0.3 is 0 Å². The molecule has 2 aromatic rings. The van der Waals surface area contributed by atoms with Crippen molar-refractivity contribution < 1.29 is 4.79 Å². The Kier molecular flexibility index (Phi) is 5.73. The van der Waals surface area contributed by atoms with Gasteiger partial charge in [-0.1, -0.05) is 60.7 Å². The van der Waals surface area contributed by atoms with E-state index in [4.69, 9.17) is 0 Å². The molecule has 0 unspecified atom stereocenters. The smallest absolute Gasteiger partial charge is 0.228 e. The minimum absolute atomic E-state index is 0.00295. The number of hydrogen-bond donors (Lipinski definition) is 1. The molecule has 0 aliphatic heterocycles. The van der Waals surface area contributed by atoms with Gasteiger partial charge < -0.3 is 5.32 Å². The second-order valence-electron chi connectivity index (χ2n) is 5.15. The normalized spacial score (nSPS) is 10.2. The van der Waals surface area contributed by atoms with E-state index < -0.39 is 0 Å². The fraction of sp³-hybridized carbons (Fsp3) is 0.150. The van der Waals surface area contributed by atoms with E-state index in [9.17, 15) is 4.79 Å². The van der Waals surface area contributed by atoms with Crippen LogP contribution in [-0.4, -0.2) is 5.91 Å². The van der Waals surface area contributed by atoms with Gasteiger partial charge in [0.25, 0.3) is 0 Å². The molecule has 0 saturated heterocycles. The Hall–Kier alpha value is -2.61. The third-order valence-corrected chi connectivity index (χ3v) is 3.54. The van der Waals surface area contributed by atoms with Gasteiger partial charge in [-0.2, -0.15) is 0 Å². The number of carbonyl (C=O) groups is 1. The van der Waals surface area contributed by atoms with E-state index in [-0.39, 0.29) is 11.8 Å². The van der Waals surface area contributed by atoms with Crippen LogP contribution in [0, 0.1) is 5.92 Å². The second-order valence-corrected chi connectivity index (χ2v) is 5.15. The van der Waals surface area contributed by atoms with Crippen molar-refractivity contribution in [3.63, 3.8) is 0 Å². The highest BCUT2D eigenvalue weighted by atomic mass is 16.1. The maximum absolute atomic E-state index is 12.5. The zero-order valence-electron chi connectivity index (χ0n) is 12.7. The van der Waals surface area contributed by atoms with E-state index in [1.54, 1.807) is 12.2 Å². The molecule has 2 rings (SSSR count). The zero-order valence-corrected chi connectivity index (χ0v) is 12.7. The maximum atomic E-state index is 12.5. The third-order valence-electron chi connectivity index (χ3n) is 3.54. The third kappa shape index (κ3) is 3.95. The minimum Gasteiger partial charge on any atom is -0.325 e. The van der Waals surface area contributed by atoms with E-state index in [0.29, 0.717) is 12.8 Å². The van der Waals surface area contributed by atoms with Crippen molar-refractivity contribution in [3.8, 4) is 11.1 Å². The largest absolute Gasteiger partial charge is 0.325 e. The van der Waals surface area contributed by atoms with Crippen molar-refractivity contribution in [3.05, 3.63) is 79.9 Å².